The number of allylic oxidation sites excluding steroid dienone is 1. The molecular formula is C16H13NO4S. The van der Waals surface area contributed by atoms with Crippen molar-refractivity contribution in [3.05, 3.63) is 58.9 Å². The number of rotatable bonds is 2. The molecule has 1 aromatic heterocycles. The summed E-state index contributed by atoms with van der Waals surface area (Å²) < 4.78 is 26.4. The van der Waals surface area contributed by atoms with Crippen LogP contribution in [-0.4, -0.2) is 24.0 Å². The first-order valence-electron chi connectivity index (χ1n) is 6.63. The van der Waals surface area contributed by atoms with Gasteiger partial charge in [0.1, 0.15) is 5.69 Å². The van der Waals surface area contributed by atoms with E-state index in [2.05, 4.69) is 0 Å². The van der Waals surface area contributed by atoms with Gasteiger partial charge in [0.25, 0.3) is 15.8 Å². The van der Waals surface area contributed by atoms with Crippen molar-refractivity contribution in [1.82, 2.24) is 3.97 Å². The molecule has 0 atom stereocenters. The average Bonchev–Trinajstić information content (AvgIpc) is 2.82. The van der Waals surface area contributed by atoms with Gasteiger partial charge in [-0.2, -0.15) is 0 Å². The number of carbonyl (C=O) groups excluding carboxylic acids is 2. The molecule has 2 aromatic rings. The standard InChI is InChI=1S/C16H13NO4S/c1-10-3-5-12(6-4-10)22(20,21)17-9-11(2)13-7-8-14(18)16(19)15(13)17/h3-9H,1-2H3. The van der Waals surface area contributed by atoms with E-state index in [1.165, 1.54) is 30.5 Å². The second-order valence-corrected chi connectivity index (χ2v) is 7.03. The van der Waals surface area contributed by atoms with Gasteiger partial charge in [0.15, 0.2) is 0 Å². The fourth-order valence-corrected chi connectivity index (χ4v) is 3.84. The Morgan fingerprint density at radius 1 is 0.955 bits per heavy atom. The summed E-state index contributed by atoms with van der Waals surface area (Å²) in [6.45, 7) is 3.55. The van der Waals surface area contributed by atoms with Crippen LogP contribution in [0.25, 0.3) is 6.08 Å². The highest BCUT2D eigenvalue weighted by molar-refractivity contribution is 7.90. The molecule has 1 heterocycles. The number of hydrogen-bond acceptors (Lipinski definition) is 4. The molecule has 0 N–H and O–H groups in total. The zero-order valence-electron chi connectivity index (χ0n) is 12.0. The predicted octanol–water partition coefficient (Wildman–Crippen LogP) is 2.12. The number of carbonyl (C=O) groups is 2. The van der Waals surface area contributed by atoms with Gasteiger partial charge in [-0.15, -0.1) is 0 Å². The van der Waals surface area contributed by atoms with E-state index in [0.29, 0.717) is 11.1 Å². The molecule has 0 bridgehead atoms. The molecule has 6 heteroatoms. The van der Waals surface area contributed by atoms with Crippen LogP contribution in [0.4, 0.5) is 0 Å². The SMILES string of the molecule is Cc1ccc(S(=O)(=O)n2cc(C)c3c2C(=O)C(=O)C=C3)cc1. The lowest BCUT2D eigenvalue weighted by atomic mass is 10.0. The number of ketones is 2. The molecule has 0 saturated carbocycles. The molecule has 0 aliphatic heterocycles. The third kappa shape index (κ3) is 2.03. The van der Waals surface area contributed by atoms with E-state index < -0.39 is 21.6 Å². The molecule has 0 unspecified atom stereocenters. The first-order chi connectivity index (χ1) is 10.3. The van der Waals surface area contributed by atoms with Crippen LogP contribution in [0.1, 0.15) is 27.2 Å². The second-order valence-electron chi connectivity index (χ2n) is 5.22. The minimum atomic E-state index is -3.92. The van der Waals surface area contributed by atoms with Gasteiger partial charge in [-0.3, -0.25) is 9.59 Å². The van der Waals surface area contributed by atoms with Gasteiger partial charge < -0.3 is 0 Å². The Morgan fingerprint density at radius 3 is 2.23 bits per heavy atom. The lowest BCUT2D eigenvalue weighted by Crippen LogP contribution is -2.24. The minimum absolute atomic E-state index is 0.0747. The largest absolute Gasteiger partial charge is 0.285 e. The van der Waals surface area contributed by atoms with Crippen molar-refractivity contribution in [2.45, 2.75) is 18.7 Å². The maximum atomic E-state index is 12.8. The molecular weight excluding hydrogens is 302 g/mol. The molecule has 0 spiro atoms. The quantitative estimate of drug-likeness (QED) is 0.796. The van der Waals surface area contributed by atoms with Crippen molar-refractivity contribution in [3.8, 4) is 0 Å². The molecule has 5 nitrogen and oxygen atoms in total. The summed E-state index contributed by atoms with van der Waals surface area (Å²) in [5.74, 6) is -1.52. The topological polar surface area (TPSA) is 73.2 Å². The van der Waals surface area contributed by atoms with E-state index in [9.17, 15) is 18.0 Å². The highest BCUT2D eigenvalue weighted by atomic mass is 32.2. The Balaban J connectivity index is 2.26. The summed E-state index contributed by atoms with van der Waals surface area (Å²) in [6, 6.07) is 6.33. The van der Waals surface area contributed by atoms with Gasteiger partial charge in [-0.25, -0.2) is 12.4 Å². The number of nitrogens with zero attached hydrogens (tertiary/aromatic N) is 1. The summed E-state index contributed by atoms with van der Waals surface area (Å²) in [5, 5.41) is 0. The third-order valence-corrected chi connectivity index (χ3v) is 5.30. The number of Topliss-reactive ketones (excluding diaryl/α,β-unsaturated/α-hetero) is 1. The Bertz CT molecular complexity index is 931. The summed E-state index contributed by atoms with van der Waals surface area (Å²) in [5.41, 5.74) is 1.94. The van der Waals surface area contributed by atoms with Crippen molar-refractivity contribution < 1.29 is 18.0 Å². The second kappa shape index (κ2) is 4.78. The Labute approximate surface area is 127 Å². The van der Waals surface area contributed by atoms with Crippen molar-refractivity contribution in [2.24, 2.45) is 0 Å². The fraction of sp³-hybridized carbons (Fsp3) is 0.125. The lowest BCUT2D eigenvalue weighted by Gasteiger charge is -2.11. The molecule has 1 aliphatic rings. The number of aryl methyl sites for hydroxylation is 2. The first-order valence-corrected chi connectivity index (χ1v) is 8.07. The molecule has 0 radical (unpaired) electrons. The monoisotopic (exact) mass is 315 g/mol. The lowest BCUT2D eigenvalue weighted by molar-refractivity contribution is -0.111. The number of aromatic nitrogens is 1. The van der Waals surface area contributed by atoms with Gasteiger partial charge in [-0.1, -0.05) is 17.7 Å². The molecule has 3 rings (SSSR count). The maximum absolute atomic E-state index is 12.8. The first kappa shape index (κ1) is 14.5. The average molecular weight is 315 g/mol. The van der Waals surface area contributed by atoms with E-state index in [1.54, 1.807) is 19.1 Å². The maximum Gasteiger partial charge on any atom is 0.268 e. The van der Waals surface area contributed by atoms with Crippen LogP contribution in [0.2, 0.25) is 0 Å². The molecule has 1 aliphatic carbocycles. The zero-order chi connectivity index (χ0) is 16.1. The molecule has 0 saturated heterocycles. The van der Waals surface area contributed by atoms with Crippen molar-refractivity contribution >= 4 is 27.7 Å². The zero-order valence-corrected chi connectivity index (χ0v) is 12.8. The van der Waals surface area contributed by atoms with Crippen molar-refractivity contribution in [2.75, 3.05) is 0 Å². The van der Waals surface area contributed by atoms with E-state index in [4.69, 9.17) is 0 Å². The van der Waals surface area contributed by atoms with Gasteiger partial charge in [-0.05, 0) is 43.7 Å². The molecule has 0 fully saturated rings. The number of fused-ring (bicyclic) bond motifs is 1. The number of hydrogen-bond donors (Lipinski definition) is 0. The summed E-state index contributed by atoms with van der Waals surface area (Å²) in [4.78, 5) is 23.8. The van der Waals surface area contributed by atoms with Crippen LogP contribution in [0.5, 0.6) is 0 Å². The summed E-state index contributed by atoms with van der Waals surface area (Å²) in [6.07, 6.45) is 4.02. The van der Waals surface area contributed by atoms with Gasteiger partial charge in [0.05, 0.1) is 4.90 Å². The van der Waals surface area contributed by atoms with Crippen LogP contribution >= 0.6 is 0 Å². The third-order valence-electron chi connectivity index (χ3n) is 3.63. The molecule has 1 aromatic carbocycles. The van der Waals surface area contributed by atoms with Crippen LogP contribution in [-0.2, 0) is 14.8 Å². The van der Waals surface area contributed by atoms with Gasteiger partial charge in [0, 0.05) is 11.8 Å². The summed E-state index contributed by atoms with van der Waals surface area (Å²) in [7, 11) is -3.92. The van der Waals surface area contributed by atoms with Crippen molar-refractivity contribution in [1.29, 1.82) is 0 Å². The fourth-order valence-electron chi connectivity index (χ4n) is 2.41. The van der Waals surface area contributed by atoms with E-state index >= 15 is 0 Å². The minimum Gasteiger partial charge on any atom is -0.285 e. The smallest absolute Gasteiger partial charge is 0.268 e. The van der Waals surface area contributed by atoms with Crippen LogP contribution in [0.3, 0.4) is 0 Å². The Morgan fingerprint density at radius 2 is 1.59 bits per heavy atom. The van der Waals surface area contributed by atoms with E-state index in [0.717, 1.165) is 9.54 Å². The molecule has 22 heavy (non-hydrogen) atoms. The van der Waals surface area contributed by atoms with E-state index in [-0.39, 0.29) is 10.6 Å². The molecule has 112 valence electrons. The van der Waals surface area contributed by atoms with Gasteiger partial charge in [0.2, 0.25) is 5.78 Å². The highest BCUT2D eigenvalue weighted by Gasteiger charge is 2.31. The van der Waals surface area contributed by atoms with Crippen LogP contribution < -0.4 is 0 Å². The Hall–Kier alpha value is -2.47. The predicted molar refractivity (Wildman–Crippen MR) is 81.3 cm³/mol. The normalized spacial score (nSPS) is 14.3. The molecule has 0 amide bonds. The van der Waals surface area contributed by atoms with Crippen LogP contribution in [0, 0.1) is 13.8 Å². The summed E-state index contributed by atoms with van der Waals surface area (Å²) >= 11 is 0. The van der Waals surface area contributed by atoms with E-state index in [1.807, 2.05) is 6.92 Å². The number of benzene rings is 1. The van der Waals surface area contributed by atoms with Gasteiger partial charge >= 0.3 is 0 Å². The Kier molecular flexibility index (Phi) is 3.14. The van der Waals surface area contributed by atoms with Crippen LogP contribution in [0.15, 0.2) is 41.4 Å². The van der Waals surface area contributed by atoms with Crippen molar-refractivity contribution in [3.63, 3.8) is 0 Å². The highest BCUT2D eigenvalue weighted by Crippen LogP contribution is 2.27.